The summed E-state index contributed by atoms with van der Waals surface area (Å²) in [5.74, 6) is -4.70. The molecular weight excluding hydrogens is 611 g/mol. The number of esters is 1. The third-order valence-electron chi connectivity index (χ3n) is 6.73. The van der Waals surface area contributed by atoms with Crippen LogP contribution in [0.4, 0.5) is 10.2 Å². The van der Waals surface area contributed by atoms with E-state index in [-0.39, 0.29) is 53.0 Å². The molecule has 5 atom stereocenters. The smallest absolute Gasteiger partial charge is 0.350 e. The number of nitrogens with one attached hydrogen (secondary N) is 1. The van der Waals surface area contributed by atoms with E-state index in [1.54, 1.807) is 0 Å². The zero-order chi connectivity index (χ0) is 32.2. The van der Waals surface area contributed by atoms with E-state index in [4.69, 9.17) is 36.7 Å². The average Bonchev–Trinajstić information content (AvgIpc) is 3.51. The van der Waals surface area contributed by atoms with E-state index in [1.807, 2.05) is 0 Å². The minimum absolute atomic E-state index is 0.0225. The Balaban J connectivity index is 1.53. The van der Waals surface area contributed by atoms with Gasteiger partial charge in [0.25, 0.3) is 11.5 Å². The van der Waals surface area contributed by atoms with Crippen molar-refractivity contribution in [1.82, 2.24) is 24.8 Å². The number of aliphatic hydroxyl groups excluding tert-OH is 1. The van der Waals surface area contributed by atoms with Gasteiger partial charge in [0.05, 0.1) is 26.0 Å². The lowest BCUT2D eigenvalue weighted by atomic mass is 9.93. The highest BCUT2D eigenvalue weighted by Gasteiger charge is 2.52. The molecule has 6 N–H and O–H groups in total. The number of nitrogens with two attached hydrogens (primary N) is 1. The maximum Gasteiger partial charge on any atom is 0.350 e. The zero-order valence-electron chi connectivity index (χ0n) is 23.1. The average molecular weight is 639 g/mol. The van der Waals surface area contributed by atoms with Crippen LogP contribution in [0.3, 0.4) is 0 Å². The molecule has 0 aliphatic carbocycles. The molecule has 3 aromatic rings. The number of carboxylic acid groups (broad SMARTS) is 2. The molecule has 0 spiro atoms. The first-order valence-corrected chi connectivity index (χ1v) is 13.5. The molecule has 1 unspecified atom stereocenters. The van der Waals surface area contributed by atoms with Crippen molar-refractivity contribution in [2.24, 2.45) is 0 Å². The second-order valence-electron chi connectivity index (χ2n) is 9.64. The topological polar surface area (TPSA) is 238 Å². The number of ether oxygens (including phenoxy) is 3. The Labute approximate surface area is 252 Å². The number of halogens is 2. The summed E-state index contributed by atoms with van der Waals surface area (Å²) in [5, 5.41) is 31.7. The van der Waals surface area contributed by atoms with Crippen LogP contribution in [0.15, 0.2) is 30.6 Å². The molecule has 2 aromatic heterocycles. The summed E-state index contributed by atoms with van der Waals surface area (Å²) < 4.78 is 32.7. The largest absolute Gasteiger partial charge is 0.481 e. The van der Waals surface area contributed by atoms with Gasteiger partial charge < -0.3 is 40.6 Å². The van der Waals surface area contributed by atoms with E-state index in [9.17, 15) is 29.4 Å². The van der Waals surface area contributed by atoms with E-state index in [0.717, 1.165) is 10.9 Å². The van der Waals surface area contributed by atoms with Crippen molar-refractivity contribution in [3.63, 3.8) is 0 Å². The summed E-state index contributed by atoms with van der Waals surface area (Å²) in [6.07, 6.45) is -6.52. The number of anilines is 1. The Morgan fingerprint density at radius 3 is 2.55 bits per heavy atom. The first-order valence-electron chi connectivity index (χ1n) is 13.1. The fourth-order valence-corrected chi connectivity index (χ4v) is 4.66. The van der Waals surface area contributed by atoms with Gasteiger partial charge in [-0.1, -0.05) is 12.1 Å². The molecule has 1 aliphatic heterocycles. The normalized spacial score (nSPS) is 21.1. The number of hydrogen-bond acceptors (Lipinski definition) is 12. The molecular formula is C26H28ClFN6O10. The van der Waals surface area contributed by atoms with Crippen LogP contribution >= 0.6 is 11.6 Å². The number of alkyl halides is 1. The van der Waals surface area contributed by atoms with Gasteiger partial charge in [0, 0.05) is 18.5 Å². The third-order valence-corrected chi connectivity index (χ3v) is 6.90. The van der Waals surface area contributed by atoms with Crippen molar-refractivity contribution < 1.29 is 53.1 Å². The van der Waals surface area contributed by atoms with E-state index in [0.29, 0.717) is 0 Å². The van der Waals surface area contributed by atoms with Gasteiger partial charge in [-0.3, -0.25) is 14.2 Å². The molecule has 44 heavy (non-hydrogen) atoms. The van der Waals surface area contributed by atoms with Crippen LogP contribution in [-0.4, -0.2) is 102 Å². The number of rotatable bonds is 13. The van der Waals surface area contributed by atoms with Gasteiger partial charge in [-0.2, -0.15) is 9.97 Å². The third kappa shape index (κ3) is 6.70. The molecule has 4 rings (SSSR count). The van der Waals surface area contributed by atoms with E-state index < -0.39 is 67.1 Å². The number of carbonyl (C=O) groups is 4. The molecule has 0 saturated carbocycles. The summed E-state index contributed by atoms with van der Waals surface area (Å²) in [6, 6.07) is 5.46. The Bertz CT molecular complexity index is 1560. The molecule has 16 nitrogen and oxygen atoms in total. The number of hydrogen-bond donors (Lipinski definition) is 5. The van der Waals surface area contributed by atoms with Gasteiger partial charge in [0.2, 0.25) is 5.28 Å². The van der Waals surface area contributed by atoms with Crippen molar-refractivity contribution in [2.45, 2.75) is 50.0 Å². The van der Waals surface area contributed by atoms with Crippen LogP contribution in [0.1, 0.15) is 35.5 Å². The summed E-state index contributed by atoms with van der Waals surface area (Å²) in [6.45, 7) is 0.419. The van der Waals surface area contributed by atoms with Crippen molar-refractivity contribution in [3.05, 3.63) is 47.0 Å². The van der Waals surface area contributed by atoms with Crippen LogP contribution in [0.2, 0.25) is 5.28 Å². The molecule has 0 bridgehead atoms. The Morgan fingerprint density at radius 2 is 1.91 bits per heavy atom. The Kier molecular flexibility index (Phi) is 9.93. The quantitative estimate of drug-likeness (QED) is 0.0974. The minimum Gasteiger partial charge on any atom is -0.481 e. The molecule has 3 heterocycles. The van der Waals surface area contributed by atoms with E-state index in [2.05, 4.69) is 20.3 Å². The maximum atomic E-state index is 15.3. The number of amides is 1. The Hall–Kier alpha value is -4.45. The molecule has 1 saturated heterocycles. The number of carbonyl (C=O) groups excluding carboxylic acids is 2. The van der Waals surface area contributed by atoms with Gasteiger partial charge in [-0.15, -0.1) is 0 Å². The second-order valence-corrected chi connectivity index (χ2v) is 9.98. The van der Waals surface area contributed by atoms with Crippen LogP contribution in [0.5, 0.6) is 0 Å². The second kappa shape index (κ2) is 13.5. The lowest BCUT2D eigenvalue weighted by Crippen LogP contribution is -2.53. The Morgan fingerprint density at radius 1 is 1.20 bits per heavy atom. The van der Waals surface area contributed by atoms with Gasteiger partial charge >= 0.3 is 17.9 Å². The highest BCUT2D eigenvalue weighted by molar-refractivity contribution is 6.28. The lowest BCUT2D eigenvalue weighted by Gasteiger charge is -2.29. The number of benzene rings is 1. The first kappa shape index (κ1) is 32.5. The molecule has 1 amide bonds. The standard InChI is InChI=1S/C26H28ClFN6O10/c1-2-42-24(41)26(23(39)40,9-12-3-5-13(6-4-12)21(38)30-8-7-15(35)36)43-10-14-18(37)16(28)22(44-14)34-11-31-17-19(29)32-25(27)33-20(17)34/h3-6,11,14,16,18,22,37H,2,7-10H2,1H3,(H,30,38)(H,35,36)(H,39,40)(H2,29,32,33)/t14-,16+,18-,22-,26?/m1/s1. The number of aliphatic carboxylic acids is 2. The highest BCUT2D eigenvalue weighted by atomic mass is 35.5. The van der Waals surface area contributed by atoms with Crippen molar-refractivity contribution in [2.75, 3.05) is 25.5 Å². The van der Waals surface area contributed by atoms with Gasteiger partial charge in [-0.25, -0.2) is 19.0 Å². The summed E-state index contributed by atoms with van der Waals surface area (Å²) >= 11 is 5.87. The van der Waals surface area contributed by atoms with Crippen molar-refractivity contribution in [1.29, 1.82) is 0 Å². The number of carboxylic acids is 2. The van der Waals surface area contributed by atoms with Gasteiger partial charge in [0.15, 0.2) is 23.9 Å². The fourth-order valence-electron chi connectivity index (χ4n) is 4.49. The van der Waals surface area contributed by atoms with Crippen LogP contribution in [-0.2, 0) is 35.0 Å². The minimum atomic E-state index is -2.65. The van der Waals surface area contributed by atoms with Crippen molar-refractivity contribution >= 4 is 52.4 Å². The number of imidazole rings is 1. The molecule has 1 aromatic carbocycles. The molecule has 1 fully saturated rings. The lowest BCUT2D eigenvalue weighted by molar-refractivity contribution is -0.193. The predicted molar refractivity (Wildman–Crippen MR) is 147 cm³/mol. The van der Waals surface area contributed by atoms with Gasteiger partial charge in [0.1, 0.15) is 17.7 Å². The number of nitrogen functional groups attached to an aromatic ring is 1. The summed E-state index contributed by atoms with van der Waals surface area (Å²) in [5.41, 5.74) is 3.68. The SMILES string of the molecule is CCOC(=O)C(Cc1ccc(C(=O)NCCC(=O)O)cc1)(OC[C@H]1O[C@@H](n2cnc3c(N)nc(Cl)nc32)[C@@H](F)[C@@H]1O)C(=O)O. The number of fused-ring (bicyclic) bond motifs is 1. The van der Waals surface area contributed by atoms with Gasteiger partial charge in [-0.05, 0) is 36.2 Å². The fraction of sp³-hybridized carbons (Fsp3) is 0.423. The molecule has 0 radical (unpaired) electrons. The monoisotopic (exact) mass is 638 g/mol. The zero-order valence-corrected chi connectivity index (χ0v) is 23.8. The van der Waals surface area contributed by atoms with Crippen molar-refractivity contribution in [3.8, 4) is 0 Å². The van der Waals surface area contributed by atoms with Crippen LogP contribution in [0, 0.1) is 0 Å². The maximum absolute atomic E-state index is 15.3. The number of nitrogens with zero attached hydrogens (tertiary/aromatic N) is 4. The molecule has 18 heteroatoms. The van der Waals surface area contributed by atoms with Crippen LogP contribution in [0.25, 0.3) is 11.2 Å². The molecule has 1 aliphatic rings. The molecule has 236 valence electrons. The summed E-state index contributed by atoms with van der Waals surface area (Å²) in [7, 11) is 0. The van der Waals surface area contributed by atoms with Crippen LogP contribution < -0.4 is 11.1 Å². The summed E-state index contributed by atoms with van der Waals surface area (Å²) in [4.78, 5) is 60.3. The highest BCUT2D eigenvalue weighted by Crippen LogP contribution is 2.35. The first-order chi connectivity index (χ1) is 20.9. The van der Waals surface area contributed by atoms with E-state index in [1.165, 1.54) is 31.2 Å². The van der Waals surface area contributed by atoms with E-state index >= 15 is 4.39 Å². The number of aromatic nitrogens is 4. The predicted octanol–water partition coefficient (Wildman–Crippen LogP) is 0.509. The number of aliphatic hydroxyl groups is 1.